The quantitative estimate of drug-likeness (QED) is 0.313. The van der Waals surface area contributed by atoms with Gasteiger partial charge < -0.3 is 9.47 Å². The number of hydrogen-bond donors (Lipinski definition) is 1. The van der Waals surface area contributed by atoms with Crippen molar-refractivity contribution in [3.05, 3.63) is 61.1 Å². The van der Waals surface area contributed by atoms with Gasteiger partial charge in [0.25, 0.3) is 5.91 Å². The highest BCUT2D eigenvalue weighted by molar-refractivity contribution is 14.1. The Balaban J connectivity index is 1.54. The van der Waals surface area contributed by atoms with Crippen molar-refractivity contribution in [3.63, 3.8) is 0 Å². The first-order chi connectivity index (χ1) is 14.0. The highest BCUT2D eigenvalue weighted by Crippen LogP contribution is 2.32. The average Bonchev–Trinajstić information content (AvgIpc) is 2.69. The van der Waals surface area contributed by atoms with E-state index in [1.54, 1.807) is 6.21 Å². The Morgan fingerprint density at radius 2 is 2.03 bits per heavy atom. The van der Waals surface area contributed by atoms with Crippen LogP contribution >= 0.6 is 38.5 Å². The molecule has 6 nitrogen and oxygen atoms in total. The predicted octanol–water partition coefficient (Wildman–Crippen LogP) is 3.72. The van der Waals surface area contributed by atoms with Crippen molar-refractivity contribution in [1.29, 1.82) is 0 Å². The third kappa shape index (κ3) is 7.06. The normalized spacial score (nSPS) is 14.9. The molecule has 0 saturated carbocycles. The molecule has 1 amide bonds. The number of amides is 1. The summed E-state index contributed by atoms with van der Waals surface area (Å²) < 4.78 is 13.1. The van der Waals surface area contributed by atoms with Gasteiger partial charge in [-0.25, -0.2) is 5.43 Å². The van der Waals surface area contributed by atoms with Gasteiger partial charge in [-0.3, -0.25) is 9.69 Å². The molecule has 0 radical (unpaired) electrons. The van der Waals surface area contributed by atoms with E-state index in [1.807, 2.05) is 17.0 Å². The lowest BCUT2D eigenvalue weighted by Crippen LogP contribution is -2.42. The van der Waals surface area contributed by atoms with Crippen LogP contribution in [0.2, 0.25) is 0 Å². The summed E-state index contributed by atoms with van der Waals surface area (Å²) >= 11 is 5.81. The summed E-state index contributed by atoms with van der Waals surface area (Å²) in [5, 5.41) is 4.07. The van der Waals surface area contributed by atoms with Crippen molar-refractivity contribution in [2.45, 2.75) is 13.5 Å². The second kappa shape index (κ2) is 11.1. The first-order valence-electron chi connectivity index (χ1n) is 9.30. The predicted molar refractivity (Wildman–Crippen MR) is 125 cm³/mol. The first-order valence-corrected chi connectivity index (χ1v) is 11.2. The number of benzene rings is 2. The van der Waals surface area contributed by atoms with Crippen LogP contribution < -0.4 is 10.2 Å². The molecule has 0 atom stereocenters. The van der Waals surface area contributed by atoms with Gasteiger partial charge in [0.2, 0.25) is 0 Å². The molecular weight excluding hydrogens is 549 g/mol. The highest BCUT2D eigenvalue weighted by Gasteiger charge is 2.13. The third-order valence-corrected chi connectivity index (χ3v) is 5.79. The molecule has 2 aromatic carbocycles. The number of ether oxygens (including phenoxy) is 2. The number of morpholine rings is 1. The topological polar surface area (TPSA) is 63.2 Å². The second-order valence-corrected chi connectivity index (χ2v) is 8.79. The van der Waals surface area contributed by atoms with Gasteiger partial charge in [0.15, 0.2) is 0 Å². The summed E-state index contributed by atoms with van der Waals surface area (Å²) in [6.45, 7) is 5.77. The Kier molecular flexibility index (Phi) is 8.46. The minimum Gasteiger partial charge on any atom is -0.487 e. The fraction of sp³-hybridized carbons (Fsp3) is 0.333. The van der Waals surface area contributed by atoms with Crippen LogP contribution in [-0.2, 0) is 16.1 Å². The molecule has 2 aromatic rings. The molecule has 0 spiro atoms. The van der Waals surface area contributed by atoms with E-state index in [0.29, 0.717) is 26.4 Å². The van der Waals surface area contributed by atoms with E-state index >= 15 is 0 Å². The molecule has 3 rings (SSSR count). The van der Waals surface area contributed by atoms with Crippen molar-refractivity contribution in [2.24, 2.45) is 5.10 Å². The monoisotopic (exact) mass is 571 g/mol. The van der Waals surface area contributed by atoms with Gasteiger partial charge in [0.1, 0.15) is 12.4 Å². The van der Waals surface area contributed by atoms with Crippen LogP contribution in [0, 0.1) is 10.5 Å². The van der Waals surface area contributed by atoms with E-state index in [-0.39, 0.29) is 5.91 Å². The van der Waals surface area contributed by atoms with Crippen molar-refractivity contribution in [2.75, 3.05) is 32.8 Å². The molecule has 0 aliphatic carbocycles. The molecule has 1 N–H and O–H groups in total. The second-order valence-electron chi connectivity index (χ2n) is 6.77. The summed E-state index contributed by atoms with van der Waals surface area (Å²) in [6.07, 6.45) is 1.63. The summed E-state index contributed by atoms with van der Waals surface area (Å²) in [7, 11) is 0. The zero-order valence-electron chi connectivity index (χ0n) is 16.2. The Morgan fingerprint density at radius 1 is 1.31 bits per heavy atom. The molecule has 29 heavy (non-hydrogen) atoms. The summed E-state index contributed by atoms with van der Waals surface area (Å²) in [5.74, 6) is 0.662. The Morgan fingerprint density at radius 3 is 2.72 bits per heavy atom. The number of carbonyl (C=O) groups is 1. The van der Waals surface area contributed by atoms with Crippen LogP contribution in [0.25, 0.3) is 0 Å². The molecule has 154 valence electrons. The largest absolute Gasteiger partial charge is 0.487 e. The maximum atomic E-state index is 12.0. The summed E-state index contributed by atoms with van der Waals surface area (Å²) in [4.78, 5) is 14.0. The fourth-order valence-electron chi connectivity index (χ4n) is 2.81. The Hall–Kier alpha value is -1.49. The molecule has 0 bridgehead atoms. The number of hydrogen-bond acceptors (Lipinski definition) is 5. The minimum absolute atomic E-state index is 0.130. The SMILES string of the molecule is Cc1ccc(COc2c(Br)cc(/C=N/NC(=O)CN3CCOCC3)cc2I)cc1. The van der Waals surface area contributed by atoms with E-state index in [4.69, 9.17) is 9.47 Å². The van der Waals surface area contributed by atoms with Gasteiger partial charge in [-0.1, -0.05) is 29.8 Å². The smallest absolute Gasteiger partial charge is 0.254 e. The number of rotatable bonds is 7. The van der Waals surface area contributed by atoms with Crippen molar-refractivity contribution in [1.82, 2.24) is 10.3 Å². The maximum Gasteiger partial charge on any atom is 0.254 e. The van der Waals surface area contributed by atoms with E-state index in [9.17, 15) is 4.79 Å². The van der Waals surface area contributed by atoms with Crippen molar-refractivity contribution in [3.8, 4) is 5.75 Å². The van der Waals surface area contributed by atoms with Crippen LogP contribution in [0.15, 0.2) is 46.0 Å². The van der Waals surface area contributed by atoms with E-state index in [2.05, 4.69) is 80.2 Å². The van der Waals surface area contributed by atoms with Gasteiger partial charge in [0.05, 0.1) is 34.0 Å². The van der Waals surface area contributed by atoms with Gasteiger partial charge in [-0.05, 0) is 68.7 Å². The van der Waals surface area contributed by atoms with E-state index in [1.165, 1.54) is 5.56 Å². The molecule has 1 saturated heterocycles. The summed E-state index contributed by atoms with van der Waals surface area (Å²) in [5.41, 5.74) is 5.80. The molecule has 1 fully saturated rings. The number of nitrogens with one attached hydrogen (secondary N) is 1. The maximum absolute atomic E-state index is 12.0. The van der Waals surface area contributed by atoms with Crippen LogP contribution in [0.1, 0.15) is 16.7 Å². The average molecular weight is 572 g/mol. The van der Waals surface area contributed by atoms with Gasteiger partial charge in [-0.15, -0.1) is 0 Å². The lowest BCUT2D eigenvalue weighted by molar-refractivity contribution is -0.123. The lowest BCUT2D eigenvalue weighted by Gasteiger charge is -2.25. The molecule has 0 unspecified atom stereocenters. The minimum atomic E-state index is -0.130. The number of aryl methyl sites for hydroxylation is 1. The van der Waals surface area contributed by atoms with Crippen LogP contribution in [0.4, 0.5) is 0 Å². The van der Waals surface area contributed by atoms with Crippen LogP contribution in [0.3, 0.4) is 0 Å². The highest BCUT2D eigenvalue weighted by atomic mass is 127. The number of hydrazone groups is 1. The van der Waals surface area contributed by atoms with E-state index in [0.717, 1.165) is 38.0 Å². The van der Waals surface area contributed by atoms with Gasteiger partial charge in [-0.2, -0.15) is 5.10 Å². The molecule has 1 aliphatic rings. The van der Waals surface area contributed by atoms with E-state index < -0.39 is 0 Å². The number of halogens is 2. The van der Waals surface area contributed by atoms with Crippen molar-refractivity contribution < 1.29 is 14.3 Å². The Labute approximate surface area is 192 Å². The Bertz CT molecular complexity index is 845. The fourth-order valence-corrected chi connectivity index (χ4v) is 4.58. The molecule has 0 aromatic heterocycles. The van der Waals surface area contributed by atoms with Crippen LogP contribution in [-0.4, -0.2) is 49.9 Å². The summed E-state index contributed by atoms with van der Waals surface area (Å²) in [6, 6.07) is 12.2. The lowest BCUT2D eigenvalue weighted by atomic mass is 10.2. The number of carbonyl (C=O) groups excluding carboxylic acids is 1. The third-order valence-electron chi connectivity index (χ3n) is 4.40. The van der Waals surface area contributed by atoms with Gasteiger partial charge >= 0.3 is 0 Å². The first kappa shape index (κ1) is 22.2. The number of nitrogens with zero attached hydrogens (tertiary/aromatic N) is 2. The standard InChI is InChI=1S/C21H23BrIN3O3/c1-15-2-4-16(5-3-15)14-29-21-18(22)10-17(11-19(21)23)12-24-25-20(27)13-26-6-8-28-9-7-26/h2-5,10-12H,6-9,13-14H2,1H3,(H,25,27)/b24-12+. The molecule has 1 heterocycles. The zero-order chi connectivity index (χ0) is 20.6. The zero-order valence-corrected chi connectivity index (χ0v) is 19.9. The molecule has 1 aliphatic heterocycles. The van der Waals surface area contributed by atoms with Gasteiger partial charge in [0, 0.05) is 13.1 Å². The van der Waals surface area contributed by atoms with Crippen LogP contribution in [0.5, 0.6) is 5.75 Å². The molecule has 8 heteroatoms. The van der Waals surface area contributed by atoms with Crippen molar-refractivity contribution >= 4 is 50.6 Å². The molecular formula is C21H23BrIN3O3.